The highest BCUT2D eigenvalue weighted by Crippen LogP contribution is 2.34. The van der Waals surface area contributed by atoms with Crippen LogP contribution in [0.4, 0.5) is 16.6 Å². The molecular weight excluding hydrogens is 488 g/mol. The number of nitrogens with zero attached hydrogens (tertiary/aromatic N) is 4. The van der Waals surface area contributed by atoms with Crippen molar-refractivity contribution in [2.45, 2.75) is 31.8 Å². The van der Waals surface area contributed by atoms with Crippen molar-refractivity contribution in [3.05, 3.63) is 41.9 Å². The van der Waals surface area contributed by atoms with E-state index in [1.165, 1.54) is 23.5 Å². The van der Waals surface area contributed by atoms with Gasteiger partial charge < -0.3 is 19.9 Å². The van der Waals surface area contributed by atoms with Gasteiger partial charge in [-0.3, -0.25) is 4.79 Å². The molecule has 0 atom stereocenters. The van der Waals surface area contributed by atoms with Crippen LogP contribution in [0.15, 0.2) is 46.8 Å². The maximum atomic E-state index is 11.8. The Morgan fingerprint density at radius 1 is 1.17 bits per heavy atom. The number of pyridine rings is 1. The lowest BCUT2D eigenvalue weighted by atomic mass is 10.2. The van der Waals surface area contributed by atoms with Crippen LogP contribution in [0.5, 0.6) is 5.75 Å². The molecule has 1 aliphatic rings. The summed E-state index contributed by atoms with van der Waals surface area (Å²) < 4.78 is 29.4. The van der Waals surface area contributed by atoms with Crippen molar-refractivity contribution < 1.29 is 17.9 Å². The molecule has 0 aliphatic carbocycles. The van der Waals surface area contributed by atoms with Crippen LogP contribution in [0.2, 0.25) is 0 Å². The monoisotopic (exact) mass is 516 g/mol. The number of nitrogens with two attached hydrogens (primary N) is 1. The Morgan fingerprint density at radius 3 is 2.51 bits per heavy atom. The highest BCUT2D eigenvalue weighted by atomic mass is 32.2. The number of benzene rings is 1. The zero-order chi connectivity index (χ0) is 25.2. The number of amides is 1. The second-order valence-electron chi connectivity index (χ2n) is 8.43. The van der Waals surface area contributed by atoms with Crippen LogP contribution in [0.1, 0.15) is 20.8 Å². The van der Waals surface area contributed by atoms with Crippen molar-refractivity contribution >= 4 is 43.9 Å². The van der Waals surface area contributed by atoms with Crippen LogP contribution in [-0.2, 0) is 14.8 Å². The van der Waals surface area contributed by atoms with Crippen molar-refractivity contribution in [2.75, 3.05) is 36.4 Å². The molecule has 3 heterocycles. The molecule has 1 aromatic carbocycles. The number of nitrogens with one attached hydrogen (secondary N) is 1. The first-order chi connectivity index (χ1) is 16.6. The summed E-state index contributed by atoms with van der Waals surface area (Å²) in [4.78, 5) is 24.7. The number of hydrogen-bond acceptors (Lipinski definition) is 9. The number of ether oxygens (including phenoxy) is 1. The smallest absolute Gasteiger partial charge is 0.238 e. The van der Waals surface area contributed by atoms with Gasteiger partial charge in [-0.15, -0.1) is 11.3 Å². The maximum Gasteiger partial charge on any atom is 0.238 e. The van der Waals surface area contributed by atoms with Gasteiger partial charge in [-0.05, 0) is 44.2 Å². The summed E-state index contributed by atoms with van der Waals surface area (Å²) in [5.41, 5.74) is 2.06. The second kappa shape index (κ2) is 10.2. The Kier molecular flexibility index (Phi) is 7.24. The van der Waals surface area contributed by atoms with Gasteiger partial charge in [-0.2, -0.15) is 0 Å². The first-order valence-electron chi connectivity index (χ1n) is 11.1. The molecule has 0 radical (unpaired) electrons. The van der Waals surface area contributed by atoms with Crippen molar-refractivity contribution in [3.63, 3.8) is 0 Å². The van der Waals surface area contributed by atoms with E-state index < -0.39 is 10.0 Å². The van der Waals surface area contributed by atoms with Gasteiger partial charge in [0.25, 0.3) is 0 Å². The third-order valence-corrected chi connectivity index (χ3v) is 7.15. The topological polar surface area (TPSA) is 131 Å². The van der Waals surface area contributed by atoms with Gasteiger partial charge in [0.1, 0.15) is 11.6 Å². The van der Waals surface area contributed by atoms with Gasteiger partial charge in [0.15, 0.2) is 5.13 Å². The average molecular weight is 517 g/mol. The molecule has 0 bridgehead atoms. The molecule has 0 unspecified atom stereocenters. The molecule has 12 heteroatoms. The van der Waals surface area contributed by atoms with Gasteiger partial charge in [0.05, 0.1) is 22.4 Å². The molecule has 1 fully saturated rings. The zero-order valence-corrected chi connectivity index (χ0v) is 21.4. The first-order valence-corrected chi connectivity index (χ1v) is 13.6. The molecule has 1 amide bonds. The molecular formula is C23H28N6O4S2. The van der Waals surface area contributed by atoms with E-state index in [9.17, 15) is 13.2 Å². The van der Waals surface area contributed by atoms with E-state index in [0.717, 1.165) is 30.2 Å². The fourth-order valence-corrected chi connectivity index (χ4v) is 4.97. The van der Waals surface area contributed by atoms with E-state index in [1.807, 2.05) is 36.3 Å². The maximum absolute atomic E-state index is 11.8. The van der Waals surface area contributed by atoms with Gasteiger partial charge in [-0.1, -0.05) is 0 Å². The SMILES string of the molecule is CC(=O)N1CCN(c2ccc(-c3csc(Nc4cc(S(N)(=O)=O)ccc4OC(C)C)n3)cn2)CC1. The normalized spacial score (nSPS) is 14.3. The Hall–Kier alpha value is -3.22. The number of piperazine rings is 1. The van der Waals surface area contributed by atoms with Gasteiger partial charge in [0.2, 0.25) is 15.9 Å². The molecule has 4 rings (SSSR count). The molecule has 0 spiro atoms. The lowest BCUT2D eigenvalue weighted by molar-refractivity contribution is -0.129. The van der Waals surface area contributed by atoms with E-state index in [2.05, 4.69) is 20.2 Å². The fraction of sp³-hybridized carbons (Fsp3) is 0.348. The molecule has 3 N–H and O–H groups in total. The lowest BCUT2D eigenvalue weighted by Crippen LogP contribution is -2.48. The van der Waals surface area contributed by atoms with E-state index in [1.54, 1.807) is 19.2 Å². The second-order valence-corrected chi connectivity index (χ2v) is 10.9. The summed E-state index contributed by atoms with van der Waals surface area (Å²) in [6, 6.07) is 8.35. The molecule has 0 saturated carbocycles. The molecule has 10 nitrogen and oxygen atoms in total. The zero-order valence-electron chi connectivity index (χ0n) is 19.8. The van der Waals surface area contributed by atoms with Gasteiger partial charge in [0, 0.05) is 50.2 Å². The van der Waals surface area contributed by atoms with Crippen LogP contribution in [-0.4, -0.2) is 61.5 Å². The highest BCUT2D eigenvalue weighted by molar-refractivity contribution is 7.89. The van der Waals surface area contributed by atoms with Crippen molar-refractivity contribution in [2.24, 2.45) is 5.14 Å². The number of primary sulfonamides is 1. The van der Waals surface area contributed by atoms with E-state index in [-0.39, 0.29) is 16.9 Å². The summed E-state index contributed by atoms with van der Waals surface area (Å²) in [5, 5.41) is 10.9. The van der Waals surface area contributed by atoms with Crippen LogP contribution in [0, 0.1) is 0 Å². The van der Waals surface area contributed by atoms with E-state index in [0.29, 0.717) is 29.7 Å². The quantitative estimate of drug-likeness (QED) is 0.490. The minimum atomic E-state index is -3.87. The number of rotatable bonds is 7. The minimum Gasteiger partial charge on any atom is -0.489 e. The van der Waals surface area contributed by atoms with Crippen molar-refractivity contribution in [3.8, 4) is 17.0 Å². The van der Waals surface area contributed by atoms with E-state index >= 15 is 0 Å². The molecule has 35 heavy (non-hydrogen) atoms. The van der Waals surface area contributed by atoms with Crippen molar-refractivity contribution in [1.82, 2.24) is 14.9 Å². The number of sulfonamides is 1. The fourth-order valence-electron chi connectivity index (χ4n) is 3.69. The molecule has 3 aromatic rings. The Labute approximate surface area is 208 Å². The highest BCUT2D eigenvalue weighted by Gasteiger charge is 2.20. The number of carbonyl (C=O) groups is 1. The summed E-state index contributed by atoms with van der Waals surface area (Å²) in [5.74, 6) is 1.46. The summed E-state index contributed by atoms with van der Waals surface area (Å²) in [6.45, 7) is 8.24. The molecule has 1 saturated heterocycles. The summed E-state index contributed by atoms with van der Waals surface area (Å²) in [6.07, 6.45) is 1.68. The standard InChI is InChI=1S/C23H28N6O4S2/c1-15(2)33-21-6-5-18(35(24,31)32)12-19(21)26-23-27-20(14-34-23)17-4-7-22(25-13-17)29-10-8-28(9-11-29)16(3)30/h4-7,12-15H,8-11H2,1-3H3,(H,26,27)(H2,24,31,32). The molecule has 186 valence electrons. The Morgan fingerprint density at radius 2 is 1.91 bits per heavy atom. The average Bonchev–Trinajstić information content (AvgIpc) is 3.28. The first kappa shape index (κ1) is 24.9. The van der Waals surface area contributed by atoms with Crippen LogP contribution in [0.25, 0.3) is 11.3 Å². The van der Waals surface area contributed by atoms with Gasteiger partial charge >= 0.3 is 0 Å². The summed E-state index contributed by atoms with van der Waals surface area (Å²) in [7, 11) is -3.87. The minimum absolute atomic E-state index is 0.0168. The summed E-state index contributed by atoms with van der Waals surface area (Å²) >= 11 is 1.38. The Balaban J connectivity index is 1.49. The molecule has 2 aromatic heterocycles. The Bertz CT molecular complexity index is 1300. The third-order valence-electron chi connectivity index (χ3n) is 5.48. The predicted octanol–water partition coefficient (Wildman–Crippen LogP) is 3.05. The number of anilines is 3. The lowest BCUT2D eigenvalue weighted by Gasteiger charge is -2.34. The third kappa shape index (κ3) is 6.08. The van der Waals surface area contributed by atoms with Crippen LogP contribution < -0.4 is 20.1 Å². The number of aromatic nitrogens is 2. The van der Waals surface area contributed by atoms with Crippen LogP contribution in [0.3, 0.4) is 0 Å². The van der Waals surface area contributed by atoms with Crippen molar-refractivity contribution in [1.29, 1.82) is 0 Å². The van der Waals surface area contributed by atoms with Gasteiger partial charge in [-0.25, -0.2) is 23.5 Å². The number of thiazole rings is 1. The predicted molar refractivity (Wildman–Crippen MR) is 137 cm³/mol. The van der Waals surface area contributed by atoms with Crippen LogP contribution >= 0.6 is 11.3 Å². The van der Waals surface area contributed by atoms with E-state index in [4.69, 9.17) is 9.88 Å². The molecule has 1 aliphatic heterocycles. The largest absolute Gasteiger partial charge is 0.489 e. The number of carbonyl (C=O) groups excluding carboxylic acids is 1. The number of hydrogen-bond donors (Lipinski definition) is 2.